The van der Waals surface area contributed by atoms with Gasteiger partial charge in [0, 0.05) is 36.7 Å². The lowest BCUT2D eigenvalue weighted by Gasteiger charge is -2.43. The number of epoxide rings is 1. The van der Waals surface area contributed by atoms with E-state index in [1.165, 1.54) is 32.1 Å². The van der Waals surface area contributed by atoms with Crippen molar-refractivity contribution in [2.45, 2.75) is 201 Å². The fourth-order valence-corrected chi connectivity index (χ4v) is 9.39. The zero-order valence-electron chi connectivity index (χ0n) is 39.3. The fourth-order valence-electron chi connectivity index (χ4n) is 9.39. The Morgan fingerprint density at radius 2 is 1.33 bits per heavy atom. The summed E-state index contributed by atoms with van der Waals surface area (Å²) in [5, 5.41) is 21.1. The molecule has 2 aliphatic carbocycles. The maximum Gasteiger partial charge on any atom is 0.306 e. The number of Topliss-reactive ketones (excluding diaryl/α,β-unsaturated/α-hetero) is 1. The van der Waals surface area contributed by atoms with Crippen molar-refractivity contribution < 1.29 is 29.3 Å². The Kier molecular flexibility index (Phi) is 19.5. The summed E-state index contributed by atoms with van der Waals surface area (Å²) in [4.78, 5) is 26.3. The van der Waals surface area contributed by atoms with E-state index in [0.717, 1.165) is 48.0 Å². The molecule has 2 saturated carbocycles. The molecule has 3 aliphatic rings. The highest BCUT2D eigenvalue weighted by molar-refractivity contribution is 5.96. The number of hydrogen-bond donors (Lipinski definition) is 2. The molecule has 332 valence electrons. The van der Waals surface area contributed by atoms with Gasteiger partial charge < -0.3 is 19.7 Å². The smallest absolute Gasteiger partial charge is 0.306 e. The second-order valence-corrected chi connectivity index (χ2v) is 19.7. The normalized spacial score (nSPS) is 28.4. The van der Waals surface area contributed by atoms with Gasteiger partial charge >= 0.3 is 5.97 Å². The molecule has 1 aliphatic heterocycles. The number of aliphatic hydroxyl groups is 2. The predicted molar refractivity (Wildman–Crippen MR) is 249 cm³/mol. The van der Waals surface area contributed by atoms with Crippen molar-refractivity contribution in [2.24, 2.45) is 10.8 Å². The highest BCUT2D eigenvalue weighted by Crippen LogP contribution is 2.67. The van der Waals surface area contributed by atoms with Crippen LogP contribution in [0.3, 0.4) is 0 Å². The van der Waals surface area contributed by atoms with Crippen molar-refractivity contribution >= 4 is 11.8 Å². The van der Waals surface area contributed by atoms with Crippen LogP contribution in [0.5, 0.6) is 0 Å². The molecule has 5 atom stereocenters. The molecule has 0 aromatic rings. The molecule has 0 bridgehead atoms. The van der Waals surface area contributed by atoms with E-state index in [1.807, 2.05) is 108 Å². The topological polar surface area (TPSA) is 96.4 Å². The Balaban J connectivity index is 1.44. The van der Waals surface area contributed by atoms with Crippen LogP contribution >= 0.6 is 0 Å². The number of rotatable bonds is 22. The number of hydrogen-bond acceptors (Lipinski definition) is 6. The monoisotopic (exact) mass is 825 g/mol. The SMILES string of the molecule is CCCC/C=C\CCCCCCCC(=O)O[C@H]1CC(C)(C)[C@]2(CC(=O)/C(C)=C/C=C/C(C)=C/C=C/C=C(C)/C=C/C=C(\C)C=C=C3C(C)(C)C[C@H](O)C[C@@]3(C)O)O[C@]2(C)C1. The molecular formula is C54H80O6. The third-order valence-electron chi connectivity index (χ3n) is 12.7. The number of unbranched alkanes of at least 4 members (excludes halogenated alkanes) is 7. The van der Waals surface area contributed by atoms with Gasteiger partial charge in [0.05, 0.1) is 17.3 Å². The van der Waals surface area contributed by atoms with Gasteiger partial charge in [-0.05, 0) is 103 Å². The molecule has 0 amide bonds. The molecule has 2 N–H and O–H groups in total. The highest BCUT2D eigenvalue weighted by atomic mass is 16.6. The van der Waals surface area contributed by atoms with Crippen LogP contribution in [0.1, 0.15) is 172 Å². The molecule has 6 heteroatoms. The van der Waals surface area contributed by atoms with E-state index in [1.54, 1.807) is 6.92 Å². The molecule has 0 radical (unpaired) electrons. The van der Waals surface area contributed by atoms with Crippen LogP contribution in [0, 0.1) is 10.8 Å². The first-order valence-corrected chi connectivity index (χ1v) is 22.8. The van der Waals surface area contributed by atoms with Crippen molar-refractivity contribution in [3.8, 4) is 0 Å². The maximum atomic E-state index is 13.5. The van der Waals surface area contributed by atoms with Gasteiger partial charge in [-0.25, -0.2) is 0 Å². The van der Waals surface area contributed by atoms with Gasteiger partial charge in [0.15, 0.2) is 5.78 Å². The van der Waals surface area contributed by atoms with E-state index in [-0.39, 0.29) is 28.7 Å². The fraction of sp³-hybridized carbons (Fsp3) is 0.611. The first-order chi connectivity index (χ1) is 28.2. The van der Waals surface area contributed by atoms with E-state index < -0.39 is 22.9 Å². The number of esters is 1. The number of ether oxygens (including phenoxy) is 2. The van der Waals surface area contributed by atoms with Gasteiger partial charge in [-0.3, -0.25) is 9.59 Å². The second kappa shape index (κ2) is 23.1. The predicted octanol–water partition coefficient (Wildman–Crippen LogP) is 13.1. The van der Waals surface area contributed by atoms with Crippen LogP contribution in [0.25, 0.3) is 0 Å². The van der Waals surface area contributed by atoms with Gasteiger partial charge in [-0.15, -0.1) is 5.73 Å². The quantitative estimate of drug-likeness (QED) is 0.0215. The van der Waals surface area contributed by atoms with Crippen molar-refractivity contribution in [2.75, 3.05) is 0 Å². The first kappa shape index (κ1) is 50.8. The van der Waals surface area contributed by atoms with Crippen LogP contribution in [-0.4, -0.2) is 51.0 Å². The average molecular weight is 825 g/mol. The summed E-state index contributed by atoms with van der Waals surface area (Å²) >= 11 is 0. The van der Waals surface area contributed by atoms with Gasteiger partial charge in [0.25, 0.3) is 0 Å². The summed E-state index contributed by atoms with van der Waals surface area (Å²) in [6.45, 7) is 22.4. The molecule has 3 rings (SSSR count). The van der Waals surface area contributed by atoms with E-state index >= 15 is 0 Å². The van der Waals surface area contributed by atoms with Crippen molar-refractivity contribution in [3.05, 3.63) is 113 Å². The van der Waals surface area contributed by atoms with Crippen LogP contribution in [0.15, 0.2) is 113 Å². The van der Waals surface area contributed by atoms with E-state index in [4.69, 9.17) is 9.47 Å². The number of carbonyl (C=O) groups is 2. The van der Waals surface area contributed by atoms with Crippen LogP contribution in [0.4, 0.5) is 0 Å². The maximum absolute atomic E-state index is 13.5. The van der Waals surface area contributed by atoms with Crippen LogP contribution in [-0.2, 0) is 19.1 Å². The lowest BCUT2D eigenvalue weighted by Crippen LogP contribution is -2.49. The second-order valence-electron chi connectivity index (χ2n) is 19.7. The Bertz CT molecular complexity index is 1760. The number of allylic oxidation sites excluding steroid dienone is 16. The minimum absolute atomic E-state index is 0.0785. The minimum Gasteiger partial charge on any atom is -0.462 e. The molecule has 0 unspecified atom stereocenters. The zero-order chi connectivity index (χ0) is 44.6. The first-order valence-electron chi connectivity index (χ1n) is 22.8. The average Bonchev–Trinajstić information content (AvgIpc) is 3.75. The number of carbonyl (C=O) groups excluding carboxylic acids is 2. The molecule has 3 fully saturated rings. The lowest BCUT2D eigenvalue weighted by molar-refractivity contribution is -0.153. The van der Waals surface area contributed by atoms with Gasteiger partial charge in [0.2, 0.25) is 0 Å². The summed E-state index contributed by atoms with van der Waals surface area (Å²) in [6, 6.07) is 0. The van der Waals surface area contributed by atoms with E-state index in [9.17, 15) is 19.8 Å². The third kappa shape index (κ3) is 15.4. The summed E-state index contributed by atoms with van der Waals surface area (Å²) < 4.78 is 12.4. The molecular weight excluding hydrogens is 745 g/mol. The van der Waals surface area contributed by atoms with Crippen molar-refractivity contribution in [1.29, 1.82) is 0 Å². The highest BCUT2D eigenvalue weighted by Gasteiger charge is 2.76. The van der Waals surface area contributed by atoms with E-state index in [0.29, 0.717) is 44.1 Å². The molecule has 0 aromatic heterocycles. The molecule has 1 heterocycles. The zero-order valence-corrected chi connectivity index (χ0v) is 39.3. The standard InChI is InChI=1S/C54H80O6/c1-12-13-14-15-16-17-18-19-20-21-22-33-49(57)59-46-38-51(8,9)54(53(11,39-46)60-54)40-47(56)44(5)32-26-31-42(3)28-24-23-27-41(2)29-25-30-43(4)34-35-48-50(6,7)36-45(55)37-52(48,10)58/h15-16,23-32,34,45-46,55,58H,12-14,17-22,33,36-40H2,1-11H3/b16-15-,24-23+,29-25+,31-26+,41-27+,42-28+,43-30+,44-32+/t35?,45-,46-,52+,53+,54-/m0/s1. The number of aliphatic hydroxyl groups excluding tert-OH is 1. The minimum atomic E-state index is -1.07. The van der Waals surface area contributed by atoms with Crippen molar-refractivity contribution in [1.82, 2.24) is 0 Å². The Hall–Kier alpha value is -3.54. The summed E-state index contributed by atoms with van der Waals surface area (Å²) in [6.07, 6.45) is 39.1. The summed E-state index contributed by atoms with van der Waals surface area (Å²) in [7, 11) is 0. The molecule has 60 heavy (non-hydrogen) atoms. The summed E-state index contributed by atoms with van der Waals surface area (Å²) in [5.41, 5.74) is 5.27. The van der Waals surface area contributed by atoms with Gasteiger partial charge in [0.1, 0.15) is 11.7 Å². The number of ketones is 1. The molecule has 6 nitrogen and oxygen atoms in total. The summed E-state index contributed by atoms with van der Waals surface area (Å²) in [5.74, 6) is -0.0382. The molecule has 0 aromatic carbocycles. The Morgan fingerprint density at radius 3 is 1.95 bits per heavy atom. The lowest BCUT2D eigenvalue weighted by atomic mass is 9.61. The van der Waals surface area contributed by atoms with Crippen LogP contribution < -0.4 is 0 Å². The van der Waals surface area contributed by atoms with Crippen molar-refractivity contribution in [3.63, 3.8) is 0 Å². The molecule has 1 saturated heterocycles. The van der Waals surface area contributed by atoms with Gasteiger partial charge in [-0.1, -0.05) is 151 Å². The number of fused-ring (bicyclic) bond motifs is 1. The van der Waals surface area contributed by atoms with Crippen LogP contribution in [0.2, 0.25) is 0 Å². The Labute approximate surface area is 364 Å². The third-order valence-corrected chi connectivity index (χ3v) is 12.7. The van der Waals surface area contributed by atoms with Gasteiger partial charge in [-0.2, -0.15) is 0 Å². The Morgan fingerprint density at radius 1 is 0.750 bits per heavy atom. The molecule has 0 spiro atoms. The largest absolute Gasteiger partial charge is 0.462 e. The van der Waals surface area contributed by atoms with E-state index in [2.05, 4.69) is 45.6 Å².